The van der Waals surface area contributed by atoms with Gasteiger partial charge in [-0.3, -0.25) is 4.90 Å². The molecule has 1 aliphatic heterocycles. The lowest BCUT2D eigenvalue weighted by Crippen LogP contribution is -2.49. The molecule has 0 spiro atoms. The first-order valence-electron chi connectivity index (χ1n) is 8.05. The molecule has 0 unspecified atom stereocenters. The zero-order valence-corrected chi connectivity index (χ0v) is 14.8. The predicted molar refractivity (Wildman–Crippen MR) is 94.1 cm³/mol. The first kappa shape index (κ1) is 16.9. The van der Waals surface area contributed by atoms with E-state index in [1.807, 2.05) is 36.0 Å². The molecule has 7 heteroatoms. The zero-order valence-electron chi connectivity index (χ0n) is 14.0. The summed E-state index contributed by atoms with van der Waals surface area (Å²) in [5, 5.41) is 12.2. The molecule has 0 radical (unpaired) electrons. The van der Waals surface area contributed by atoms with Gasteiger partial charge in [-0.2, -0.15) is 16.4 Å². The topological polar surface area (TPSA) is 58.6 Å². The number of esters is 1. The second-order valence-corrected chi connectivity index (χ2v) is 6.75. The van der Waals surface area contributed by atoms with Crippen LogP contribution in [0.25, 0.3) is 0 Å². The van der Waals surface area contributed by atoms with Crippen LogP contribution in [0.5, 0.6) is 0 Å². The van der Waals surface area contributed by atoms with E-state index in [9.17, 15) is 4.79 Å². The largest absolute Gasteiger partial charge is 0.468 e. The smallest absolute Gasteiger partial charge is 0.327 e. The van der Waals surface area contributed by atoms with Crippen molar-refractivity contribution in [1.29, 1.82) is 0 Å². The Morgan fingerprint density at radius 3 is 3.04 bits per heavy atom. The number of likely N-dealkylation sites (N-methyl/N-ethyl adjacent to an activating group) is 1. The summed E-state index contributed by atoms with van der Waals surface area (Å²) in [6.07, 6.45) is 3.79. The van der Waals surface area contributed by atoms with Crippen molar-refractivity contribution in [2.24, 2.45) is 0 Å². The minimum absolute atomic E-state index is 0.215. The molecule has 3 heterocycles. The fraction of sp³-hybridized carbons (Fsp3) is 0.471. The predicted octanol–water partition coefficient (Wildman–Crippen LogP) is 2.35. The van der Waals surface area contributed by atoms with Crippen molar-refractivity contribution >= 4 is 23.1 Å². The van der Waals surface area contributed by atoms with Crippen LogP contribution in [-0.4, -0.2) is 54.4 Å². The van der Waals surface area contributed by atoms with Crippen LogP contribution in [0, 0.1) is 0 Å². The van der Waals surface area contributed by atoms with Crippen LogP contribution in [0.4, 0.5) is 5.82 Å². The Hall–Kier alpha value is -1.99. The molecule has 0 N–H and O–H groups in total. The molecule has 0 amide bonds. The van der Waals surface area contributed by atoms with E-state index in [0.717, 1.165) is 37.3 Å². The number of carbonyl (C=O) groups is 1. The van der Waals surface area contributed by atoms with Gasteiger partial charge in [0, 0.05) is 25.3 Å². The number of thiophene rings is 1. The van der Waals surface area contributed by atoms with Crippen LogP contribution in [-0.2, 0) is 9.53 Å². The number of rotatable bonds is 5. The minimum Gasteiger partial charge on any atom is -0.468 e. The van der Waals surface area contributed by atoms with Crippen LogP contribution >= 0.6 is 11.3 Å². The maximum absolute atomic E-state index is 12.4. The fourth-order valence-electron chi connectivity index (χ4n) is 3.25. The van der Waals surface area contributed by atoms with E-state index >= 15 is 0 Å². The molecule has 2 aromatic heterocycles. The molecule has 128 valence electrons. The van der Waals surface area contributed by atoms with Crippen LogP contribution in [0.1, 0.15) is 24.4 Å². The van der Waals surface area contributed by atoms with Crippen LogP contribution in [0.3, 0.4) is 0 Å². The summed E-state index contributed by atoms with van der Waals surface area (Å²) in [5.41, 5.74) is 0.992. The van der Waals surface area contributed by atoms with Gasteiger partial charge in [-0.25, -0.2) is 4.79 Å². The molecular weight excluding hydrogens is 324 g/mol. The number of hydrogen-bond acceptors (Lipinski definition) is 7. The number of piperidine rings is 1. The Morgan fingerprint density at radius 1 is 1.50 bits per heavy atom. The van der Waals surface area contributed by atoms with Gasteiger partial charge in [0.1, 0.15) is 6.04 Å². The molecule has 24 heavy (non-hydrogen) atoms. The Labute approximate surface area is 146 Å². The lowest BCUT2D eigenvalue weighted by molar-refractivity contribution is -0.147. The van der Waals surface area contributed by atoms with E-state index in [0.29, 0.717) is 0 Å². The molecule has 1 fully saturated rings. The van der Waals surface area contributed by atoms with Crippen molar-refractivity contribution in [1.82, 2.24) is 15.1 Å². The third kappa shape index (κ3) is 3.57. The van der Waals surface area contributed by atoms with Crippen molar-refractivity contribution in [3.63, 3.8) is 0 Å². The van der Waals surface area contributed by atoms with Crippen molar-refractivity contribution in [2.45, 2.75) is 24.9 Å². The maximum Gasteiger partial charge on any atom is 0.327 e. The highest BCUT2D eigenvalue weighted by atomic mass is 32.1. The first-order valence-corrected chi connectivity index (χ1v) is 8.99. The molecular formula is C17H22N4O2S. The summed E-state index contributed by atoms with van der Waals surface area (Å²) >= 11 is 1.59. The average Bonchev–Trinajstić information content (AvgIpc) is 3.16. The van der Waals surface area contributed by atoms with Gasteiger partial charge in [0.25, 0.3) is 0 Å². The highest BCUT2D eigenvalue weighted by molar-refractivity contribution is 7.08. The van der Waals surface area contributed by atoms with E-state index in [4.69, 9.17) is 4.74 Å². The van der Waals surface area contributed by atoms with Gasteiger partial charge in [-0.05, 0) is 54.4 Å². The molecule has 6 nitrogen and oxygen atoms in total. The fourth-order valence-corrected chi connectivity index (χ4v) is 3.93. The number of hydrogen-bond donors (Lipinski definition) is 0. The molecule has 0 bridgehead atoms. The van der Waals surface area contributed by atoms with Gasteiger partial charge >= 0.3 is 5.97 Å². The Balaban J connectivity index is 1.77. The second-order valence-electron chi connectivity index (χ2n) is 5.97. The van der Waals surface area contributed by atoms with Gasteiger partial charge in [0.2, 0.25) is 0 Å². The molecule has 2 atom stereocenters. The summed E-state index contributed by atoms with van der Waals surface area (Å²) in [5.74, 6) is 0.674. The number of ether oxygens (including phenoxy) is 1. The van der Waals surface area contributed by atoms with Crippen LogP contribution in [0.2, 0.25) is 0 Å². The Bertz CT molecular complexity index is 650. The van der Waals surface area contributed by atoms with E-state index in [2.05, 4.69) is 20.0 Å². The average molecular weight is 346 g/mol. The highest BCUT2D eigenvalue weighted by Gasteiger charge is 2.33. The molecule has 1 aliphatic rings. The summed E-state index contributed by atoms with van der Waals surface area (Å²) in [6.45, 7) is 1.79. The lowest BCUT2D eigenvalue weighted by Gasteiger charge is -2.40. The van der Waals surface area contributed by atoms with Crippen molar-refractivity contribution in [2.75, 3.05) is 32.1 Å². The Kier molecular flexibility index (Phi) is 5.42. The van der Waals surface area contributed by atoms with Gasteiger partial charge in [0.15, 0.2) is 5.82 Å². The standard InChI is InChI=1S/C17H22N4O2S/c1-20(16(17(22)23-2)13-7-10-24-12-13)14-5-4-9-21(11-14)15-6-3-8-18-19-15/h3,6-8,10,12,14,16H,4-5,9,11H2,1-2H3/t14-,16+/m0/s1. The minimum atomic E-state index is -0.368. The van der Waals surface area contributed by atoms with Gasteiger partial charge in [-0.15, -0.1) is 5.10 Å². The van der Waals surface area contributed by atoms with Crippen LogP contribution < -0.4 is 4.90 Å². The number of methoxy groups -OCH3 is 1. The SMILES string of the molecule is COC(=O)[C@@H](c1ccsc1)N(C)[C@H]1CCCN(c2cccnn2)C1. The number of nitrogens with zero attached hydrogens (tertiary/aromatic N) is 4. The van der Waals surface area contributed by atoms with Gasteiger partial charge < -0.3 is 9.64 Å². The maximum atomic E-state index is 12.4. The van der Waals surface area contributed by atoms with Gasteiger partial charge in [0.05, 0.1) is 7.11 Å². The summed E-state index contributed by atoms with van der Waals surface area (Å²) in [7, 11) is 3.45. The monoisotopic (exact) mass is 346 g/mol. The molecule has 2 aromatic rings. The zero-order chi connectivity index (χ0) is 16.9. The highest BCUT2D eigenvalue weighted by Crippen LogP contribution is 2.29. The Morgan fingerprint density at radius 2 is 2.38 bits per heavy atom. The number of anilines is 1. The molecule has 0 saturated carbocycles. The first-order chi connectivity index (χ1) is 11.7. The van der Waals surface area contributed by atoms with Crippen LogP contribution in [0.15, 0.2) is 35.2 Å². The summed E-state index contributed by atoms with van der Waals surface area (Å²) in [6, 6.07) is 5.76. The van der Waals surface area contributed by atoms with E-state index in [-0.39, 0.29) is 18.1 Å². The third-order valence-corrected chi connectivity index (χ3v) is 5.25. The van der Waals surface area contributed by atoms with E-state index < -0.39 is 0 Å². The third-order valence-electron chi connectivity index (χ3n) is 4.55. The lowest BCUT2D eigenvalue weighted by atomic mass is 10.0. The summed E-state index contributed by atoms with van der Waals surface area (Å²) < 4.78 is 5.05. The quantitative estimate of drug-likeness (QED) is 0.775. The normalized spacial score (nSPS) is 19.3. The molecule has 0 aliphatic carbocycles. The van der Waals surface area contributed by atoms with Crippen molar-refractivity contribution in [3.05, 3.63) is 40.7 Å². The summed E-state index contributed by atoms with van der Waals surface area (Å²) in [4.78, 5) is 16.7. The number of aromatic nitrogens is 2. The number of carbonyl (C=O) groups excluding carboxylic acids is 1. The van der Waals surface area contributed by atoms with E-state index in [1.165, 1.54) is 7.11 Å². The molecule has 1 saturated heterocycles. The van der Waals surface area contributed by atoms with Gasteiger partial charge in [-0.1, -0.05) is 0 Å². The van der Waals surface area contributed by atoms with E-state index in [1.54, 1.807) is 17.5 Å². The molecule has 0 aromatic carbocycles. The molecule has 3 rings (SSSR count). The second kappa shape index (κ2) is 7.72. The van der Waals surface area contributed by atoms with Crippen molar-refractivity contribution < 1.29 is 9.53 Å². The van der Waals surface area contributed by atoms with Crippen molar-refractivity contribution in [3.8, 4) is 0 Å².